The van der Waals surface area contributed by atoms with Gasteiger partial charge in [0.1, 0.15) is 46.7 Å². The van der Waals surface area contributed by atoms with Crippen LogP contribution in [-0.4, -0.2) is 38.1 Å². The summed E-state index contributed by atoms with van der Waals surface area (Å²) in [4.78, 5) is 13.9. The number of fused-ring (bicyclic) bond motifs is 3. The molecule has 8 nitrogen and oxygen atoms in total. The number of carbonyl (C=O) groups is 1. The fraction of sp³-hybridized carbons (Fsp3) is 0.281. The Labute approximate surface area is 240 Å². The molecule has 3 aromatic rings. The predicted octanol–water partition coefficient (Wildman–Crippen LogP) is 5.59. The Morgan fingerprint density at radius 2 is 1.78 bits per heavy atom. The molecule has 0 bridgehead atoms. The Balaban J connectivity index is 1.52. The summed E-state index contributed by atoms with van der Waals surface area (Å²) < 4.78 is 49.8. The van der Waals surface area contributed by atoms with E-state index in [1.54, 1.807) is 38.1 Å². The van der Waals surface area contributed by atoms with Gasteiger partial charge in [-0.3, -0.25) is 4.79 Å². The maximum atomic E-state index is 13.8. The molecule has 1 unspecified atom stereocenters. The second-order valence-corrected chi connectivity index (χ2v) is 12.4. The van der Waals surface area contributed by atoms with Gasteiger partial charge in [-0.2, -0.15) is 8.42 Å². The number of ketones is 1. The van der Waals surface area contributed by atoms with Crippen molar-refractivity contribution in [3.8, 4) is 23.0 Å². The molecule has 0 amide bonds. The van der Waals surface area contributed by atoms with Gasteiger partial charge < -0.3 is 23.5 Å². The molecule has 41 heavy (non-hydrogen) atoms. The molecular weight excluding hydrogens is 544 g/mol. The van der Waals surface area contributed by atoms with Gasteiger partial charge >= 0.3 is 10.1 Å². The average molecular weight is 577 g/mol. The molecule has 0 fully saturated rings. The van der Waals surface area contributed by atoms with Crippen LogP contribution in [0.1, 0.15) is 52.0 Å². The lowest BCUT2D eigenvalue weighted by Crippen LogP contribution is -2.45. The SMILES string of the molecule is C=CCOc1cc(OS(=O)(=O)c2c(C)cc(C)cc2C)ccc1C1(O)COc2c(ccc3c2C=CC(C)(C)O3)C1=O. The lowest BCUT2D eigenvalue weighted by atomic mass is 9.82. The number of hydrogen-bond acceptors (Lipinski definition) is 8. The Hall–Kier alpha value is -4.08. The average Bonchev–Trinajstić information content (AvgIpc) is 2.87. The number of aliphatic hydroxyl groups is 1. The molecule has 1 N–H and O–H groups in total. The number of rotatable bonds is 7. The Morgan fingerprint density at radius 3 is 2.46 bits per heavy atom. The van der Waals surface area contributed by atoms with Gasteiger partial charge in [0, 0.05) is 11.6 Å². The molecule has 3 aromatic carbocycles. The number of ether oxygens (including phenoxy) is 3. The molecule has 0 radical (unpaired) electrons. The van der Waals surface area contributed by atoms with Crippen molar-refractivity contribution in [2.24, 2.45) is 0 Å². The molecular formula is C32H32O8S. The number of hydrogen-bond donors (Lipinski definition) is 1. The normalized spacial score (nSPS) is 18.9. The minimum atomic E-state index is -4.20. The number of aryl methyl sites for hydroxylation is 3. The lowest BCUT2D eigenvalue weighted by Gasteiger charge is -2.36. The van der Waals surface area contributed by atoms with Crippen LogP contribution in [0.2, 0.25) is 0 Å². The monoisotopic (exact) mass is 576 g/mol. The van der Waals surface area contributed by atoms with Crippen LogP contribution in [0, 0.1) is 20.8 Å². The van der Waals surface area contributed by atoms with Gasteiger partial charge in [-0.05, 0) is 82.2 Å². The minimum Gasteiger partial charge on any atom is -0.489 e. The van der Waals surface area contributed by atoms with Crippen LogP contribution in [-0.2, 0) is 15.7 Å². The molecule has 2 aliphatic heterocycles. The summed E-state index contributed by atoms with van der Waals surface area (Å²) in [5.74, 6) is 0.328. The van der Waals surface area contributed by atoms with Crippen molar-refractivity contribution in [1.29, 1.82) is 0 Å². The molecule has 9 heteroatoms. The highest BCUT2D eigenvalue weighted by Gasteiger charge is 2.47. The lowest BCUT2D eigenvalue weighted by molar-refractivity contribution is -0.00668. The van der Waals surface area contributed by atoms with Crippen LogP contribution >= 0.6 is 0 Å². The number of Topliss-reactive ketones (excluding diaryl/α,β-unsaturated/α-hetero) is 1. The van der Waals surface area contributed by atoms with Gasteiger partial charge in [-0.1, -0.05) is 30.4 Å². The van der Waals surface area contributed by atoms with E-state index >= 15 is 0 Å². The molecule has 5 rings (SSSR count). The summed E-state index contributed by atoms with van der Waals surface area (Å²) in [5, 5.41) is 11.7. The first-order chi connectivity index (χ1) is 19.3. The molecule has 2 aliphatic rings. The van der Waals surface area contributed by atoms with E-state index in [-0.39, 0.29) is 34.1 Å². The third-order valence-corrected chi connectivity index (χ3v) is 8.60. The third-order valence-electron chi connectivity index (χ3n) is 7.04. The van der Waals surface area contributed by atoms with Crippen molar-refractivity contribution < 1.29 is 36.7 Å². The molecule has 2 heterocycles. The molecule has 0 saturated carbocycles. The fourth-order valence-electron chi connectivity index (χ4n) is 5.32. The zero-order valence-corrected chi connectivity index (χ0v) is 24.4. The van der Waals surface area contributed by atoms with Crippen LogP contribution in [0.15, 0.2) is 66.1 Å². The second kappa shape index (κ2) is 10.1. The van der Waals surface area contributed by atoms with Gasteiger partial charge in [0.15, 0.2) is 5.60 Å². The van der Waals surface area contributed by atoms with Gasteiger partial charge in [0.2, 0.25) is 5.78 Å². The van der Waals surface area contributed by atoms with Gasteiger partial charge in [0.25, 0.3) is 0 Å². The molecule has 214 valence electrons. The Morgan fingerprint density at radius 1 is 1.07 bits per heavy atom. The summed E-state index contributed by atoms with van der Waals surface area (Å²) in [6.45, 7) is 12.4. The number of carbonyl (C=O) groups excluding carboxylic acids is 1. The zero-order valence-electron chi connectivity index (χ0n) is 23.6. The Bertz CT molecular complexity index is 1690. The summed E-state index contributed by atoms with van der Waals surface area (Å²) in [5.41, 5.74) is 0.351. The molecule has 0 saturated heterocycles. The first-order valence-electron chi connectivity index (χ1n) is 13.1. The minimum absolute atomic E-state index is 0.0342. The topological polar surface area (TPSA) is 108 Å². The van der Waals surface area contributed by atoms with E-state index < -0.39 is 33.7 Å². The van der Waals surface area contributed by atoms with Crippen molar-refractivity contribution in [1.82, 2.24) is 0 Å². The van der Waals surface area contributed by atoms with E-state index in [0.717, 1.165) is 5.56 Å². The van der Waals surface area contributed by atoms with Crippen LogP contribution < -0.4 is 18.4 Å². The van der Waals surface area contributed by atoms with E-state index in [1.807, 2.05) is 32.9 Å². The van der Waals surface area contributed by atoms with Crippen molar-refractivity contribution in [2.75, 3.05) is 13.2 Å². The zero-order chi connectivity index (χ0) is 29.7. The first kappa shape index (κ1) is 28.4. The summed E-state index contributed by atoms with van der Waals surface area (Å²) >= 11 is 0. The quantitative estimate of drug-likeness (QED) is 0.286. The van der Waals surface area contributed by atoms with Crippen LogP contribution in [0.5, 0.6) is 23.0 Å². The van der Waals surface area contributed by atoms with Crippen molar-refractivity contribution in [2.45, 2.75) is 50.7 Å². The summed E-state index contributed by atoms with van der Waals surface area (Å²) in [7, 11) is -4.20. The van der Waals surface area contributed by atoms with Crippen molar-refractivity contribution in [3.05, 3.63) is 94.6 Å². The highest BCUT2D eigenvalue weighted by molar-refractivity contribution is 7.87. The number of benzene rings is 3. The second-order valence-electron chi connectivity index (χ2n) is 10.9. The molecule has 1 atom stereocenters. The van der Waals surface area contributed by atoms with Gasteiger partial charge in [0.05, 0.1) is 11.1 Å². The van der Waals surface area contributed by atoms with Gasteiger partial charge in [-0.15, -0.1) is 0 Å². The van der Waals surface area contributed by atoms with E-state index in [4.69, 9.17) is 18.4 Å². The summed E-state index contributed by atoms with van der Waals surface area (Å²) in [6.07, 6.45) is 5.21. The highest BCUT2D eigenvalue weighted by Crippen LogP contribution is 2.46. The third kappa shape index (κ3) is 5.11. The van der Waals surface area contributed by atoms with Crippen LogP contribution in [0.25, 0.3) is 6.08 Å². The summed E-state index contributed by atoms with van der Waals surface area (Å²) in [6, 6.07) is 10.9. The van der Waals surface area contributed by atoms with Crippen LogP contribution in [0.4, 0.5) is 0 Å². The van der Waals surface area contributed by atoms with E-state index in [9.17, 15) is 18.3 Å². The standard InChI is InChI=1S/C32H32O8S/c1-7-14-37-27-17-22(40-41(35,36)29-20(3)15-19(2)16-21(29)4)8-10-25(27)32(34)18-38-28-23-12-13-31(5,6)39-26(23)11-9-24(28)30(32)33/h7-13,15-17,34H,1,14,18H2,2-6H3. The van der Waals surface area contributed by atoms with Crippen molar-refractivity contribution in [3.63, 3.8) is 0 Å². The predicted molar refractivity (Wildman–Crippen MR) is 155 cm³/mol. The van der Waals surface area contributed by atoms with Crippen LogP contribution in [0.3, 0.4) is 0 Å². The Kier molecular flexibility index (Phi) is 6.99. The van der Waals surface area contributed by atoms with Gasteiger partial charge in [-0.25, -0.2) is 0 Å². The smallest absolute Gasteiger partial charge is 0.339 e. The molecule has 0 spiro atoms. The first-order valence-corrected chi connectivity index (χ1v) is 14.5. The molecule has 0 aromatic heterocycles. The largest absolute Gasteiger partial charge is 0.489 e. The van der Waals surface area contributed by atoms with E-state index in [1.165, 1.54) is 24.3 Å². The maximum absolute atomic E-state index is 13.8. The fourth-order valence-corrected chi connectivity index (χ4v) is 6.67. The highest BCUT2D eigenvalue weighted by atomic mass is 32.2. The van der Waals surface area contributed by atoms with E-state index in [2.05, 4.69) is 6.58 Å². The molecule has 0 aliphatic carbocycles. The maximum Gasteiger partial charge on any atom is 0.339 e. The van der Waals surface area contributed by atoms with Crippen molar-refractivity contribution >= 4 is 22.0 Å². The van der Waals surface area contributed by atoms with E-state index in [0.29, 0.717) is 28.2 Å².